The van der Waals surface area contributed by atoms with Gasteiger partial charge in [-0.05, 0) is 31.6 Å². The molecule has 2 atom stereocenters. The van der Waals surface area contributed by atoms with Crippen LogP contribution < -0.4 is 5.32 Å². The van der Waals surface area contributed by atoms with Gasteiger partial charge in [0.05, 0.1) is 6.07 Å². The molecule has 2 aliphatic carbocycles. The summed E-state index contributed by atoms with van der Waals surface area (Å²) in [4.78, 5) is 12.3. The first-order chi connectivity index (χ1) is 8.67. The maximum atomic E-state index is 12.3. The lowest BCUT2D eigenvalue weighted by molar-refractivity contribution is -0.127. The third-order valence-electron chi connectivity index (χ3n) is 4.73. The Morgan fingerprint density at radius 3 is 2.33 bits per heavy atom. The van der Waals surface area contributed by atoms with Gasteiger partial charge in [-0.2, -0.15) is 5.26 Å². The number of hydrogen-bond acceptors (Lipinski definition) is 2. The number of amides is 1. The standard InChI is InChI=1S/C15H24N2O/c1-12-7-6-8-13(12)14(18)17-15(11-16)9-4-2-3-5-10-15/h12-13H,2-10H2,1H3,(H,17,18). The van der Waals surface area contributed by atoms with E-state index in [4.69, 9.17) is 0 Å². The van der Waals surface area contributed by atoms with Crippen LogP contribution in [0.2, 0.25) is 0 Å². The molecule has 100 valence electrons. The molecule has 2 aliphatic rings. The molecule has 3 heteroatoms. The van der Waals surface area contributed by atoms with Crippen LogP contribution in [0.25, 0.3) is 0 Å². The summed E-state index contributed by atoms with van der Waals surface area (Å²) >= 11 is 0. The van der Waals surface area contributed by atoms with Gasteiger partial charge in [-0.1, -0.05) is 39.0 Å². The first-order valence-corrected chi connectivity index (χ1v) is 7.40. The van der Waals surface area contributed by atoms with Crippen LogP contribution in [0.4, 0.5) is 0 Å². The highest BCUT2D eigenvalue weighted by Gasteiger charge is 2.37. The summed E-state index contributed by atoms with van der Waals surface area (Å²) in [5.41, 5.74) is -0.574. The van der Waals surface area contributed by atoms with Gasteiger partial charge in [-0.25, -0.2) is 0 Å². The van der Waals surface area contributed by atoms with E-state index in [1.54, 1.807) is 0 Å². The Balaban J connectivity index is 2.01. The van der Waals surface area contributed by atoms with E-state index in [-0.39, 0.29) is 11.8 Å². The van der Waals surface area contributed by atoms with Crippen molar-refractivity contribution in [2.24, 2.45) is 11.8 Å². The van der Waals surface area contributed by atoms with E-state index >= 15 is 0 Å². The normalized spacial score (nSPS) is 31.3. The Labute approximate surface area is 110 Å². The van der Waals surface area contributed by atoms with Gasteiger partial charge >= 0.3 is 0 Å². The van der Waals surface area contributed by atoms with E-state index < -0.39 is 5.54 Å². The van der Waals surface area contributed by atoms with E-state index in [1.165, 1.54) is 12.8 Å². The molecule has 0 saturated heterocycles. The molecule has 0 aromatic carbocycles. The van der Waals surface area contributed by atoms with E-state index in [0.29, 0.717) is 5.92 Å². The van der Waals surface area contributed by atoms with E-state index in [2.05, 4.69) is 18.3 Å². The smallest absolute Gasteiger partial charge is 0.224 e. The number of carbonyl (C=O) groups is 1. The maximum absolute atomic E-state index is 12.3. The first-order valence-electron chi connectivity index (χ1n) is 7.40. The molecule has 0 aromatic rings. The molecule has 0 bridgehead atoms. The predicted octanol–water partition coefficient (Wildman–Crippen LogP) is 3.16. The molecule has 0 aliphatic heterocycles. The van der Waals surface area contributed by atoms with Gasteiger partial charge in [-0.15, -0.1) is 0 Å². The highest BCUT2D eigenvalue weighted by Crippen LogP contribution is 2.33. The minimum atomic E-state index is -0.574. The highest BCUT2D eigenvalue weighted by atomic mass is 16.2. The van der Waals surface area contributed by atoms with Gasteiger partial charge in [0.15, 0.2) is 0 Å². The van der Waals surface area contributed by atoms with Crippen molar-refractivity contribution in [2.45, 2.75) is 70.3 Å². The molecule has 0 aromatic heterocycles. The summed E-state index contributed by atoms with van der Waals surface area (Å²) in [5, 5.41) is 12.6. The van der Waals surface area contributed by atoms with Gasteiger partial charge in [0.1, 0.15) is 5.54 Å². The van der Waals surface area contributed by atoms with Gasteiger partial charge in [0.2, 0.25) is 5.91 Å². The van der Waals surface area contributed by atoms with Crippen molar-refractivity contribution in [1.29, 1.82) is 5.26 Å². The van der Waals surface area contributed by atoms with Gasteiger partial charge in [0, 0.05) is 5.92 Å². The number of nitrogens with one attached hydrogen (secondary N) is 1. The number of rotatable bonds is 2. The average molecular weight is 248 g/mol. The van der Waals surface area contributed by atoms with Crippen molar-refractivity contribution in [3.63, 3.8) is 0 Å². The van der Waals surface area contributed by atoms with Crippen molar-refractivity contribution in [1.82, 2.24) is 5.32 Å². The number of nitriles is 1. The molecule has 0 spiro atoms. The SMILES string of the molecule is CC1CCCC1C(=O)NC1(C#N)CCCCCC1. The second-order valence-corrected chi connectivity index (χ2v) is 6.11. The van der Waals surface area contributed by atoms with Crippen LogP contribution in [-0.4, -0.2) is 11.4 Å². The van der Waals surface area contributed by atoms with Gasteiger partial charge < -0.3 is 5.32 Å². The average Bonchev–Trinajstić information content (AvgIpc) is 2.66. The molecule has 0 radical (unpaired) electrons. The lowest BCUT2D eigenvalue weighted by Crippen LogP contribution is -2.49. The minimum absolute atomic E-state index is 0.128. The quantitative estimate of drug-likeness (QED) is 0.763. The molecule has 2 unspecified atom stereocenters. The Kier molecular flexibility index (Phi) is 4.27. The maximum Gasteiger partial charge on any atom is 0.224 e. The molecule has 18 heavy (non-hydrogen) atoms. The van der Waals surface area contributed by atoms with Crippen LogP contribution in [0.15, 0.2) is 0 Å². The van der Waals surface area contributed by atoms with Crippen molar-refractivity contribution >= 4 is 5.91 Å². The third-order valence-corrected chi connectivity index (χ3v) is 4.73. The molecular weight excluding hydrogens is 224 g/mol. The predicted molar refractivity (Wildman–Crippen MR) is 70.7 cm³/mol. The van der Waals surface area contributed by atoms with E-state index in [0.717, 1.165) is 44.9 Å². The number of carbonyl (C=O) groups excluding carboxylic acids is 1. The van der Waals surface area contributed by atoms with Gasteiger partial charge in [-0.3, -0.25) is 4.79 Å². The zero-order valence-corrected chi connectivity index (χ0v) is 11.4. The number of hydrogen-bond donors (Lipinski definition) is 1. The molecule has 2 rings (SSSR count). The molecule has 2 saturated carbocycles. The summed E-state index contributed by atoms with van der Waals surface area (Å²) in [6.07, 6.45) is 9.47. The molecule has 0 heterocycles. The van der Waals surface area contributed by atoms with Crippen LogP contribution in [0.5, 0.6) is 0 Å². The van der Waals surface area contributed by atoms with Crippen LogP contribution in [-0.2, 0) is 4.79 Å². The fourth-order valence-corrected chi connectivity index (χ4v) is 3.46. The summed E-state index contributed by atoms with van der Waals surface area (Å²) < 4.78 is 0. The second kappa shape index (κ2) is 5.73. The first kappa shape index (κ1) is 13.4. The molecular formula is C15H24N2O. The van der Waals surface area contributed by atoms with Crippen molar-refractivity contribution < 1.29 is 4.79 Å². The van der Waals surface area contributed by atoms with Crippen LogP contribution in [0, 0.1) is 23.2 Å². The van der Waals surface area contributed by atoms with Gasteiger partial charge in [0.25, 0.3) is 0 Å². The van der Waals surface area contributed by atoms with Crippen LogP contribution in [0.1, 0.15) is 64.7 Å². The van der Waals surface area contributed by atoms with Crippen molar-refractivity contribution in [3.05, 3.63) is 0 Å². The summed E-state index contributed by atoms with van der Waals surface area (Å²) in [5.74, 6) is 0.744. The zero-order chi connectivity index (χ0) is 13.0. The molecule has 1 amide bonds. The summed E-state index contributed by atoms with van der Waals surface area (Å²) in [6, 6.07) is 2.39. The minimum Gasteiger partial charge on any atom is -0.338 e. The summed E-state index contributed by atoms with van der Waals surface area (Å²) in [6.45, 7) is 2.16. The second-order valence-electron chi connectivity index (χ2n) is 6.11. The van der Waals surface area contributed by atoms with E-state index in [9.17, 15) is 10.1 Å². The number of nitrogens with zero attached hydrogens (tertiary/aromatic N) is 1. The largest absolute Gasteiger partial charge is 0.338 e. The highest BCUT2D eigenvalue weighted by molar-refractivity contribution is 5.80. The Bertz CT molecular complexity index is 337. The summed E-state index contributed by atoms with van der Waals surface area (Å²) in [7, 11) is 0. The Morgan fingerprint density at radius 2 is 1.83 bits per heavy atom. The zero-order valence-electron chi connectivity index (χ0n) is 11.4. The van der Waals surface area contributed by atoms with Crippen LogP contribution >= 0.6 is 0 Å². The van der Waals surface area contributed by atoms with Crippen LogP contribution in [0.3, 0.4) is 0 Å². The topological polar surface area (TPSA) is 52.9 Å². The fourth-order valence-electron chi connectivity index (χ4n) is 3.46. The van der Waals surface area contributed by atoms with Crippen molar-refractivity contribution in [3.8, 4) is 6.07 Å². The fraction of sp³-hybridized carbons (Fsp3) is 0.867. The lowest BCUT2D eigenvalue weighted by Gasteiger charge is -2.28. The molecule has 3 nitrogen and oxygen atoms in total. The van der Waals surface area contributed by atoms with E-state index in [1.807, 2.05) is 0 Å². The Morgan fingerprint density at radius 1 is 1.17 bits per heavy atom. The third kappa shape index (κ3) is 2.85. The molecule has 1 N–H and O–H groups in total. The monoisotopic (exact) mass is 248 g/mol. The molecule has 2 fully saturated rings. The van der Waals surface area contributed by atoms with Crippen molar-refractivity contribution in [2.75, 3.05) is 0 Å². The Hall–Kier alpha value is -1.04. The lowest BCUT2D eigenvalue weighted by atomic mass is 9.89.